The van der Waals surface area contributed by atoms with Gasteiger partial charge in [-0.3, -0.25) is 4.98 Å². The van der Waals surface area contributed by atoms with Gasteiger partial charge in [-0.15, -0.1) is 0 Å². The maximum Gasteiger partial charge on any atom is 0.193 e. The number of rotatable bonds is 2. The second kappa shape index (κ2) is 3.90. The van der Waals surface area contributed by atoms with E-state index in [9.17, 15) is 0 Å². The summed E-state index contributed by atoms with van der Waals surface area (Å²) in [5.74, 6) is 0.830. The lowest BCUT2D eigenvalue weighted by Gasteiger charge is -2.03. The molecular formula is C13H10N2O2. The molecule has 4 heteroatoms. The van der Waals surface area contributed by atoms with E-state index < -0.39 is 0 Å². The summed E-state index contributed by atoms with van der Waals surface area (Å²) in [6.45, 7) is 0. The summed E-state index contributed by atoms with van der Waals surface area (Å²) < 4.78 is 10.3. The van der Waals surface area contributed by atoms with E-state index in [1.54, 1.807) is 19.5 Å². The normalized spacial score (nSPS) is 10.6. The number of ether oxygens (including phenoxy) is 1. The quantitative estimate of drug-likeness (QED) is 0.674. The molecule has 0 unspecified atom stereocenters. The van der Waals surface area contributed by atoms with Crippen molar-refractivity contribution in [2.24, 2.45) is 0 Å². The van der Waals surface area contributed by atoms with Crippen LogP contribution in [0.3, 0.4) is 0 Å². The summed E-state index contributed by atoms with van der Waals surface area (Å²) in [4.78, 5) is 4.18. The smallest absolute Gasteiger partial charge is 0.193 e. The van der Waals surface area contributed by atoms with Crippen molar-refractivity contribution in [3.63, 3.8) is 0 Å². The number of hydrogen-bond donors (Lipinski definition) is 0. The maximum atomic E-state index is 5.22. The Morgan fingerprint density at radius 3 is 2.71 bits per heavy atom. The van der Waals surface area contributed by atoms with Crippen molar-refractivity contribution >= 4 is 11.1 Å². The lowest BCUT2D eigenvalue weighted by atomic mass is 10.1. The fourth-order valence-electron chi connectivity index (χ4n) is 1.78. The zero-order valence-corrected chi connectivity index (χ0v) is 9.25. The SMILES string of the molecule is COc1ccc(-c2ccnc3cnoc23)cc1. The highest BCUT2D eigenvalue weighted by Crippen LogP contribution is 2.28. The minimum Gasteiger partial charge on any atom is -0.497 e. The van der Waals surface area contributed by atoms with Gasteiger partial charge in [-0.05, 0) is 23.8 Å². The van der Waals surface area contributed by atoms with Crippen LogP contribution in [0.25, 0.3) is 22.2 Å². The number of methoxy groups -OCH3 is 1. The molecule has 2 aromatic heterocycles. The van der Waals surface area contributed by atoms with Crippen LogP contribution < -0.4 is 4.74 Å². The predicted molar refractivity (Wildman–Crippen MR) is 63.8 cm³/mol. The number of fused-ring (bicyclic) bond motifs is 1. The van der Waals surface area contributed by atoms with E-state index in [0.717, 1.165) is 22.4 Å². The van der Waals surface area contributed by atoms with E-state index in [2.05, 4.69) is 10.1 Å². The van der Waals surface area contributed by atoms with E-state index in [-0.39, 0.29) is 0 Å². The summed E-state index contributed by atoms with van der Waals surface area (Å²) in [7, 11) is 1.65. The minimum atomic E-state index is 0.706. The summed E-state index contributed by atoms with van der Waals surface area (Å²) in [6.07, 6.45) is 3.36. The van der Waals surface area contributed by atoms with Crippen LogP contribution in [0, 0.1) is 0 Å². The van der Waals surface area contributed by atoms with E-state index in [1.165, 1.54) is 0 Å². The summed E-state index contributed by atoms with van der Waals surface area (Å²) in [5.41, 5.74) is 3.50. The molecule has 0 saturated heterocycles. The van der Waals surface area contributed by atoms with Gasteiger partial charge in [-0.25, -0.2) is 0 Å². The van der Waals surface area contributed by atoms with Gasteiger partial charge in [0.1, 0.15) is 11.3 Å². The van der Waals surface area contributed by atoms with Crippen molar-refractivity contribution in [3.8, 4) is 16.9 Å². The molecule has 17 heavy (non-hydrogen) atoms. The van der Waals surface area contributed by atoms with Gasteiger partial charge in [0.15, 0.2) is 5.58 Å². The van der Waals surface area contributed by atoms with Crippen molar-refractivity contribution in [2.45, 2.75) is 0 Å². The molecular weight excluding hydrogens is 216 g/mol. The van der Waals surface area contributed by atoms with Crippen LogP contribution in [0.2, 0.25) is 0 Å². The van der Waals surface area contributed by atoms with Crippen LogP contribution >= 0.6 is 0 Å². The van der Waals surface area contributed by atoms with Crippen LogP contribution in [-0.4, -0.2) is 17.3 Å². The topological polar surface area (TPSA) is 48.2 Å². The van der Waals surface area contributed by atoms with Gasteiger partial charge in [0.25, 0.3) is 0 Å². The molecule has 0 saturated carbocycles. The standard InChI is InChI=1S/C13H10N2O2/c1-16-10-4-2-9(3-5-10)11-6-7-14-12-8-15-17-13(11)12/h2-8H,1H3. The third-order valence-corrected chi connectivity index (χ3v) is 2.65. The summed E-state index contributed by atoms with van der Waals surface area (Å²) >= 11 is 0. The Morgan fingerprint density at radius 2 is 1.94 bits per heavy atom. The van der Waals surface area contributed by atoms with Gasteiger partial charge in [-0.2, -0.15) is 0 Å². The number of benzene rings is 1. The Kier molecular flexibility index (Phi) is 2.26. The van der Waals surface area contributed by atoms with Gasteiger partial charge in [0.2, 0.25) is 0 Å². The summed E-state index contributed by atoms with van der Waals surface area (Å²) in [5, 5.41) is 3.76. The van der Waals surface area contributed by atoms with Crippen LogP contribution in [-0.2, 0) is 0 Å². The second-order valence-corrected chi connectivity index (χ2v) is 3.63. The first kappa shape index (κ1) is 9.84. The molecule has 0 atom stereocenters. The van der Waals surface area contributed by atoms with E-state index >= 15 is 0 Å². The zero-order chi connectivity index (χ0) is 11.7. The molecule has 0 bridgehead atoms. The third kappa shape index (κ3) is 1.63. The van der Waals surface area contributed by atoms with Crippen molar-refractivity contribution < 1.29 is 9.26 Å². The number of aromatic nitrogens is 2. The van der Waals surface area contributed by atoms with Crippen molar-refractivity contribution in [1.29, 1.82) is 0 Å². The van der Waals surface area contributed by atoms with Crippen molar-refractivity contribution in [2.75, 3.05) is 7.11 Å². The Bertz CT molecular complexity index is 644. The fraction of sp³-hybridized carbons (Fsp3) is 0.0769. The first-order chi connectivity index (χ1) is 8.38. The molecule has 0 N–H and O–H groups in total. The number of nitrogens with zero attached hydrogens (tertiary/aromatic N) is 2. The van der Waals surface area contributed by atoms with Crippen molar-refractivity contribution in [1.82, 2.24) is 10.1 Å². The van der Waals surface area contributed by atoms with Crippen LogP contribution in [0.4, 0.5) is 0 Å². The average molecular weight is 226 g/mol. The van der Waals surface area contributed by atoms with E-state index in [0.29, 0.717) is 5.58 Å². The lowest BCUT2D eigenvalue weighted by molar-refractivity contribution is 0.415. The first-order valence-electron chi connectivity index (χ1n) is 5.22. The molecule has 0 aliphatic carbocycles. The van der Waals surface area contributed by atoms with Crippen molar-refractivity contribution in [3.05, 3.63) is 42.7 Å². The number of pyridine rings is 1. The van der Waals surface area contributed by atoms with Gasteiger partial charge in [-0.1, -0.05) is 17.3 Å². The highest BCUT2D eigenvalue weighted by molar-refractivity contribution is 5.89. The second-order valence-electron chi connectivity index (χ2n) is 3.63. The molecule has 0 radical (unpaired) electrons. The molecule has 4 nitrogen and oxygen atoms in total. The highest BCUT2D eigenvalue weighted by atomic mass is 16.5. The first-order valence-corrected chi connectivity index (χ1v) is 5.22. The molecule has 0 spiro atoms. The van der Waals surface area contributed by atoms with Gasteiger partial charge >= 0.3 is 0 Å². The molecule has 0 aliphatic rings. The largest absolute Gasteiger partial charge is 0.497 e. The monoisotopic (exact) mass is 226 g/mol. The zero-order valence-electron chi connectivity index (χ0n) is 9.25. The Hall–Kier alpha value is -2.36. The Labute approximate surface area is 97.8 Å². The third-order valence-electron chi connectivity index (χ3n) is 2.65. The van der Waals surface area contributed by atoms with Gasteiger partial charge in [0.05, 0.1) is 13.3 Å². The fourth-order valence-corrected chi connectivity index (χ4v) is 1.78. The van der Waals surface area contributed by atoms with Crippen LogP contribution in [0.1, 0.15) is 0 Å². The molecule has 0 amide bonds. The van der Waals surface area contributed by atoms with E-state index in [4.69, 9.17) is 9.26 Å². The molecule has 3 aromatic rings. The molecule has 3 rings (SSSR count). The van der Waals surface area contributed by atoms with Crippen LogP contribution in [0.5, 0.6) is 5.75 Å². The maximum absolute atomic E-state index is 5.22. The summed E-state index contributed by atoms with van der Waals surface area (Å²) in [6, 6.07) is 9.71. The van der Waals surface area contributed by atoms with Crippen LogP contribution in [0.15, 0.2) is 47.2 Å². The minimum absolute atomic E-state index is 0.706. The molecule has 0 aliphatic heterocycles. The molecule has 2 heterocycles. The highest BCUT2D eigenvalue weighted by Gasteiger charge is 2.08. The number of hydrogen-bond acceptors (Lipinski definition) is 4. The van der Waals surface area contributed by atoms with E-state index in [1.807, 2.05) is 30.3 Å². The van der Waals surface area contributed by atoms with Gasteiger partial charge in [0, 0.05) is 11.8 Å². The Morgan fingerprint density at radius 1 is 1.12 bits per heavy atom. The lowest BCUT2D eigenvalue weighted by Crippen LogP contribution is -1.84. The Balaban J connectivity index is 2.16. The molecule has 0 fully saturated rings. The van der Waals surface area contributed by atoms with Gasteiger partial charge < -0.3 is 9.26 Å². The predicted octanol–water partition coefficient (Wildman–Crippen LogP) is 2.90. The molecule has 1 aromatic carbocycles. The molecule has 84 valence electrons. The average Bonchev–Trinajstić information content (AvgIpc) is 2.87.